The smallest absolute Gasteiger partial charge is 0.234 e. The number of hydrogen-bond acceptors (Lipinski definition) is 5. The highest BCUT2D eigenvalue weighted by molar-refractivity contribution is 5.79. The van der Waals surface area contributed by atoms with E-state index < -0.39 is 11.9 Å². The molecule has 0 spiro atoms. The maximum atomic E-state index is 10.3. The molecule has 0 saturated carbocycles. The first-order valence-electron chi connectivity index (χ1n) is 7.49. The molecular weight excluding hydrogens is 280 g/mol. The van der Waals surface area contributed by atoms with Crippen LogP contribution >= 0.6 is 0 Å². The molecule has 1 rings (SSSR count). The fourth-order valence-corrected chi connectivity index (χ4v) is 1.72. The molecule has 0 aromatic heterocycles. The molecule has 8 N–H and O–H groups in total. The van der Waals surface area contributed by atoms with Crippen molar-refractivity contribution >= 4 is 5.91 Å². The van der Waals surface area contributed by atoms with Crippen LogP contribution in [0.1, 0.15) is 30.9 Å². The Kier molecular flexibility index (Phi) is 10.2. The van der Waals surface area contributed by atoms with Crippen molar-refractivity contribution in [3.05, 3.63) is 29.3 Å². The Morgan fingerprint density at radius 2 is 1.77 bits per heavy atom. The van der Waals surface area contributed by atoms with Crippen molar-refractivity contribution in [3.8, 4) is 5.75 Å². The Hall–Kier alpha value is -1.63. The van der Waals surface area contributed by atoms with Gasteiger partial charge in [0, 0.05) is 6.04 Å². The van der Waals surface area contributed by atoms with Crippen molar-refractivity contribution in [1.82, 2.24) is 0 Å². The summed E-state index contributed by atoms with van der Waals surface area (Å²) in [7, 11) is 0. The number of amides is 1. The van der Waals surface area contributed by atoms with E-state index in [0.29, 0.717) is 19.6 Å². The zero-order valence-electron chi connectivity index (χ0n) is 13.8. The highest BCUT2D eigenvalue weighted by atomic mass is 16.5. The maximum Gasteiger partial charge on any atom is 0.234 e. The number of ether oxygens (including phenoxy) is 1. The average molecular weight is 310 g/mol. The van der Waals surface area contributed by atoms with Crippen molar-refractivity contribution in [2.45, 2.75) is 45.7 Å². The Morgan fingerprint density at radius 3 is 2.18 bits per heavy atom. The van der Waals surface area contributed by atoms with Crippen molar-refractivity contribution in [2.24, 2.45) is 22.9 Å². The molecule has 0 radical (unpaired) electrons. The molecule has 0 heterocycles. The summed E-state index contributed by atoms with van der Waals surface area (Å²) in [6, 6.07) is 5.68. The highest BCUT2D eigenvalue weighted by Crippen LogP contribution is 2.22. The van der Waals surface area contributed by atoms with Crippen LogP contribution in [0, 0.1) is 13.8 Å². The second-order valence-electron chi connectivity index (χ2n) is 5.45. The molecule has 0 aliphatic carbocycles. The van der Waals surface area contributed by atoms with E-state index in [9.17, 15) is 4.79 Å². The number of para-hydroxylation sites is 1. The number of carbonyl (C=O) groups excluding carboxylic acids is 1. The van der Waals surface area contributed by atoms with Gasteiger partial charge in [-0.2, -0.15) is 0 Å². The van der Waals surface area contributed by atoms with Gasteiger partial charge in [-0.3, -0.25) is 4.79 Å². The Labute approximate surface area is 133 Å². The number of aryl methyl sites for hydroxylation is 2. The SMILES string of the molecule is Cc1cccc(C)c1OCC(C)N.NCCCC(N)C(N)=O. The first kappa shape index (κ1) is 20.4. The number of carbonyl (C=O) groups is 1. The van der Waals surface area contributed by atoms with Gasteiger partial charge in [-0.05, 0) is 51.3 Å². The number of rotatable bonds is 7. The van der Waals surface area contributed by atoms with E-state index in [2.05, 4.69) is 0 Å². The molecule has 1 amide bonds. The minimum Gasteiger partial charge on any atom is -0.491 e. The van der Waals surface area contributed by atoms with Gasteiger partial charge >= 0.3 is 0 Å². The first-order valence-corrected chi connectivity index (χ1v) is 7.49. The molecule has 0 fully saturated rings. The molecule has 0 saturated heterocycles. The van der Waals surface area contributed by atoms with E-state index in [-0.39, 0.29) is 6.04 Å². The minimum absolute atomic E-state index is 0.0824. The van der Waals surface area contributed by atoms with E-state index in [1.54, 1.807) is 0 Å². The third-order valence-electron chi connectivity index (χ3n) is 2.98. The van der Waals surface area contributed by atoms with Gasteiger partial charge in [0.15, 0.2) is 0 Å². The van der Waals surface area contributed by atoms with Gasteiger partial charge in [0.2, 0.25) is 5.91 Å². The fourth-order valence-electron chi connectivity index (χ4n) is 1.72. The van der Waals surface area contributed by atoms with Gasteiger partial charge in [-0.15, -0.1) is 0 Å². The molecule has 126 valence electrons. The topological polar surface area (TPSA) is 130 Å². The first-order chi connectivity index (χ1) is 10.3. The Morgan fingerprint density at radius 1 is 1.23 bits per heavy atom. The van der Waals surface area contributed by atoms with E-state index in [1.165, 1.54) is 11.1 Å². The molecular formula is C16H30N4O2. The van der Waals surface area contributed by atoms with Crippen LogP contribution in [-0.4, -0.2) is 31.1 Å². The van der Waals surface area contributed by atoms with E-state index in [1.807, 2.05) is 39.0 Å². The Bertz CT molecular complexity index is 430. The summed E-state index contributed by atoms with van der Waals surface area (Å²) in [4.78, 5) is 10.3. The number of primary amides is 1. The predicted molar refractivity (Wildman–Crippen MR) is 90.5 cm³/mol. The van der Waals surface area contributed by atoms with Gasteiger partial charge in [0.1, 0.15) is 12.4 Å². The molecule has 0 bridgehead atoms. The molecule has 2 unspecified atom stereocenters. The lowest BCUT2D eigenvalue weighted by molar-refractivity contribution is -0.119. The van der Waals surface area contributed by atoms with E-state index >= 15 is 0 Å². The maximum absolute atomic E-state index is 10.3. The molecule has 22 heavy (non-hydrogen) atoms. The normalized spacial score (nSPS) is 12.8. The highest BCUT2D eigenvalue weighted by Gasteiger charge is 2.06. The Balaban J connectivity index is 0.000000433. The zero-order valence-corrected chi connectivity index (χ0v) is 13.8. The van der Waals surface area contributed by atoms with Crippen molar-refractivity contribution in [1.29, 1.82) is 0 Å². The van der Waals surface area contributed by atoms with Gasteiger partial charge in [0.25, 0.3) is 0 Å². The molecule has 6 heteroatoms. The summed E-state index contributed by atoms with van der Waals surface area (Å²) in [5.74, 6) is 0.517. The zero-order chi connectivity index (χ0) is 17.1. The van der Waals surface area contributed by atoms with Crippen LogP contribution < -0.4 is 27.7 Å². The summed E-state index contributed by atoms with van der Waals surface area (Å²) in [5.41, 5.74) is 23.3. The van der Waals surface area contributed by atoms with Gasteiger partial charge < -0.3 is 27.7 Å². The minimum atomic E-state index is -0.520. The van der Waals surface area contributed by atoms with Crippen molar-refractivity contribution < 1.29 is 9.53 Å². The summed E-state index contributed by atoms with van der Waals surface area (Å²) in [6.07, 6.45) is 1.34. The summed E-state index contributed by atoms with van der Waals surface area (Å²) < 4.78 is 5.60. The average Bonchev–Trinajstić information content (AvgIpc) is 2.44. The van der Waals surface area contributed by atoms with Crippen LogP contribution in [0.5, 0.6) is 5.75 Å². The molecule has 1 aromatic carbocycles. The second-order valence-corrected chi connectivity index (χ2v) is 5.45. The van der Waals surface area contributed by atoms with Gasteiger partial charge in [-0.1, -0.05) is 18.2 Å². The molecule has 6 nitrogen and oxygen atoms in total. The van der Waals surface area contributed by atoms with Crippen LogP contribution in [0.2, 0.25) is 0 Å². The number of nitrogens with two attached hydrogens (primary N) is 4. The lowest BCUT2D eigenvalue weighted by atomic mass is 10.1. The van der Waals surface area contributed by atoms with Gasteiger partial charge in [-0.25, -0.2) is 0 Å². The molecule has 1 aromatic rings. The number of benzene rings is 1. The summed E-state index contributed by atoms with van der Waals surface area (Å²) in [6.45, 7) is 7.16. The number of hydrogen-bond donors (Lipinski definition) is 4. The van der Waals surface area contributed by atoms with Crippen LogP contribution in [0.3, 0.4) is 0 Å². The molecule has 0 aliphatic rings. The predicted octanol–water partition coefficient (Wildman–Crippen LogP) is 0.567. The quantitative estimate of drug-likeness (QED) is 0.585. The van der Waals surface area contributed by atoms with Crippen LogP contribution in [0.4, 0.5) is 0 Å². The third kappa shape index (κ3) is 8.61. The van der Waals surface area contributed by atoms with E-state index in [4.69, 9.17) is 27.7 Å². The lowest BCUT2D eigenvalue weighted by Gasteiger charge is -2.13. The van der Waals surface area contributed by atoms with Gasteiger partial charge in [0.05, 0.1) is 6.04 Å². The monoisotopic (exact) mass is 310 g/mol. The van der Waals surface area contributed by atoms with Crippen LogP contribution in [0.15, 0.2) is 18.2 Å². The standard InChI is InChI=1S/C11H17NO.C5H13N3O/c1-8-5-4-6-9(2)11(8)13-7-10(3)12;6-3-1-2-4(7)5(8)9/h4-6,10H,7,12H2,1-3H3;4H,1-3,6-7H2,(H2,8,9). The van der Waals surface area contributed by atoms with Crippen molar-refractivity contribution in [2.75, 3.05) is 13.2 Å². The molecule has 0 aliphatic heterocycles. The van der Waals surface area contributed by atoms with Crippen molar-refractivity contribution in [3.63, 3.8) is 0 Å². The largest absolute Gasteiger partial charge is 0.491 e. The van der Waals surface area contributed by atoms with E-state index in [0.717, 1.165) is 12.2 Å². The summed E-state index contributed by atoms with van der Waals surface area (Å²) >= 11 is 0. The lowest BCUT2D eigenvalue weighted by Crippen LogP contribution is -2.36. The fraction of sp³-hybridized carbons (Fsp3) is 0.562. The van der Waals surface area contributed by atoms with Crippen LogP contribution in [0.25, 0.3) is 0 Å². The second kappa shape index (κ2) is 11.0. The third-order valence-corrected chi connectivity index (χ3v) is 2.98. The molecule has 2 atom stereocenters. The summed E-state index contributed by atoms with van der Waals surface area (Å²) in [5, 5.41) is 0. The van der Waals surface area contributed by atoms with Crippen LogP contribution in [-0.2, 0) is 4.79 Å².